The molecule has 1 heterocycles. The third-order valence-electron chi connectivity index (χ3n) is 5.19. The highest BCUT2D eigenvalue weighted by molar-refractivity contribution is 7.92. The van der Waals surface area contributed by atoms with E-state index >= 15 is 0 Å². The van der Waals surface area contributed by atoms with Gasteiger partial charge in [0.25, 0.3) is 10.0 Å². The average Bonchev–Trinajstić information content (AvgIpc) is 2.82. The van der Waals surface area contributed by atoms with Crippen LogP contribution in [0.4, 0.5) is 17.1 Å². The number of fused-ring (bicyclic) bond motifs is 1. The molecule has 2 N–H and O–H groups in total. The molecule has 0 spiro atoms. The smallest absolute Gasteiger partial charge is 0.261 e. The molecule has 0 saturated carbocycles. The van der Waals surface area contributed by atoms with E-state index in [1.807, 2.05) is 20.8 Å². The van der Waals surface area contributed by atoms with E-state index in [0.717, 1.165) is 0 Å². The first kappa shape index (κ1) is 23.6. The van der Waals surface area contributed by atoms with Crippen LogP contribution in [-0.2, 0) is 19.6 Å². The van der Waals surface area contributed by atoms with Gasteiger partial charge in [-0.15, -0.1) is 0 Å². The van der Waals surface area contributed by atoms with E-state index in [1.54, 1.807) is 49.1 Å². The fourth-order valence-electron chi connectivity index (χ4n) is 3.24. The number of rotatable bonds is 6. The van der Waals surface area contributed by atoms with Gasteiger partial charge in [-0.25, -0.2) is 8.42 Å². The molecule has 0 aliphatic carbocycles. The van der Waals surface area contributed by atoms with Gasteiger partial charge in [0.05, 0.1) is 21.7 Å². The van der Waals surface area contributed by atoms with Gasteiger partial charge in [-0.05, 0) is 57.2 Å². The van der Waals surface area contributed by atoms with Crippen LogP contribution >= 0.6 is 0 Å². The van der Waals surface area contributed by atoms with Gasteiger partial charge in [-0.1, -0.05) is 13.8 Å². The summed E-state index contributed by atoms with van der Waals surface area (Å²) >= 11 is 0. The summed E-state index contributed by atoms with van der Waals surface area (Å²) < 4.78 is 34.1. The van der Waals surface area contributed by atoms with Crippen LogP contribution in [-0.4, -0.2) is 33.4 Å². The second kappa shape index (κ2) is 8.82. The lowest BCUT2D eigenvalue weighted by Crippen LogP contribution is -2.42. The van der Waals surface area contributed by atoms with Gasteiger partial charge in [0.2, 0.25) is 11.8 Å². The number of amides is 2. The highest BCUT2D eigenvalue weighted by atomic mass is 32.2. The standard InChI is InChI=1S/C23H29N3O5S/c1-6-26-19-12-9-17(13-20(19)31-14-23(4,5)22(26)28)25-32(29,30)18-10-7-16(8-11-18)24-21(27)15(2)3/h7-13,15,25H,6,14H2,1-5H3,(H,24,27). The minimum absolute atomic E-state index is 0.0447. The molecule has 2 amide bonds. The van der Waals surface area contributed by atoms with Gasteiger partial charge < -0.3 is 15.0 Å². The Morgan fingerprint density at radius 2 is 1.75 bits per heavy atom. The van der Waals surface area contributed by atoms with E-state index in [4.69, 9.17) is 4.74 Å². The van der Waals surface area contributed by atoms with Crippen LogP contribution in [0.15, 0.2) is 47.4 Å². The molecule has 0 unspecified atom stereocenters. The molecule has 1 aliphatic rings. The number of benzene rings is 2. The zero-order chi connectivity index (χ0) is 23.7. The van der Waals surface area contributed by atoms with Crippen LogP contribution < -0.4 is 19.7 Å². The number of carbonyl (C=O) groups is 2. The van der Waals surface area contributed by atoms with Crippen molar-refractivity contribution in [1.29, 1.82) is 0 Å². The largest absolute Gasteiger partial charge is 0.490 e. The molecule has 0 fully saturated rings. The number of carbonyl (C=O) groups excluding carboxylic acids is 2. The van der Waals surface area contributed by atoms with Crippen molar-refractivity contribution in [3.8, 4) is 5.75 Å². The lowest BCUT2D eigenvalue weighted by molar-refractivity contribution is -0.127. The number of hydrogen-bond acceptors (Lipinski definition) is 5. The summed E-state index contributed by atoms with van der Waals surface area (Å²) in [6.45, 7) is 9.74. The first-order chi connectivity index (χ1) is 14.9. The fraction of sp³-hybridized carbons (Fsp3) is 0.391. The number of nitrogens with zero attached hydrogens (tertiary/aromatic N) is 1. The first-order valence-corrected chi connectivity index (χ1v) is 12.0. The summed E-state index contributed by atoms with van der Waals surface area (Å²) in [4.78, 5) is 26.3. The van der Waals surface area contributed by atoms with Crippen molar-refractivity contribution in [2.45, 2.75) is 39.5 Å². The Morgan fingerprint density at radius 3 is 2.34 bits per heavy atom. The predicted octanol–water partition coefficient (Wildman–Crippen LogP) is 3.85. The summed E-state index contributed by atoms with van der Waals surface area (Å²) in [5, 5.41) is 2.73. The Balaban J connectivity index is 1.82. The molecule has 172 valence electrons. The van der Waals surface area contributed by atoms with Crippen LogP contribution in [0.5, 0.6) is 5.75 Å². The van der Waals surface area contributed by atoms with Crippen LogP contribution in [0.3, 0.4) is 0 Å². The second-order valence-corrected chi connectivity index (χ2v) is 10.4. The Morgan fingerprint density at radius 1 is 1.12 bits per heavy atom. The lowest BCUT2D eigenvalue weighted by Gasteiger charge is -2.26. The van der Waals surface area contributed by atoms with E-state index in [0.29, 0.717) is 29.4 Å². The fourth-order valence-corrected chi connectivity index (χ4v) is 4.29. The molecule has 0 bridgehead atoms. The molecule has 2 aromatic carbocycles. The topological polar surface area (TPSA) is 105 Å². The van der Waals surface area contributed by atoms with E-state index in [1.165, 1.54) is 12.1 Å². The van der Waals surface area contributed by atoms with Crippen LogP contribution in [0, 0.1) is 11.3 Å². The molecule has 0 aromatic heterocycles. The van der Waals surface area contributed by atoms with Gasteiger partial charge in [0.15, 0.2) is 0 Å². The third kappa shape index (κ3) is 4.88. The number of nitrogens with one attached hydrogen (secondary N) is 2. The quantitative estimate of drug-likeness (QED) is 0.683. The van der Waals surface area contributed by atoms with E-state index in [2.05, 4.69) is 10.0 Å². The summed E-state index contributed by atoms with van der Waals surface area (Å²) in [5.41, 5.74) is 0.759. The van der Waals surface area contributed by atoms with Crippen molar-refractivity contribution in [1.82, 2.24) is 0 Å². The Kier molecular flexibility index (Phi) is 6.50. The molecular weight excluding hydrogens is 430 g/mol. The molecule has 3 rings (SSSR count). The Labute approximate surface area is 189 Å². The van der Waals surface area contributed by atoms with Crippen LogP contribution in [0.1, 0.15) is 34.6 Å². The highest BCUT2D eigenvalue weighted by Crippen LogP contribution is 2.38. The summed E-state index contributed by atoms with van der Waals surface area (Å²) in [7, 11) is -3.86. The van der Waals surface area contributed by atoms with Gasteiger partial charge >= 0.3 is 0 Å². The van der Waals surface area contributed by atoms with Gasteiger partial charge in [0, 0.05) is 24.2 Å². The van der Waals surface area contributed by atoms with Gasteiger partial charge in [-0.3, -0.25) is 14.3 Å². The number of sulfonamides is 1. The number of hydrogen-bond donors (Lipinski definition) is 2. The average molecular weight is 460 g/mol. The zero-order valence-electron chi connectivity index (χ0n) is 18.9. The molecule has 32 heavy (non-hydrogen) atoms. The van der Waals surface area contributed by atoms with E-state index in [9.17, 15) is 18.0 Å². The monoisotopic (exact) mass is 459 g/mol. The third-order valence-corrected chi connectivity index (χ3v) is 6.59. The predicted molar refractivity (Wildman–Crippen MR) is 124 cm³/mol. The van der Waals surface area contributed by atoms with Crippen molar-refractivity contribution in [2.24, 2.45) is 11.3 Å². The second-order valence-electron chi connectivity index (χ2n) is 8.68. The first-order valence-electron chi connectivity index (χ1n) is 10.5. The molecule has 8 nitrogen and oxygen atoms in total. The maximum atomic E-state index is 12.9. The van der Waals surface area contributed by atoms with Gasteiger partial charge in [-0.2, -0.15) is 0 Å². The van der Waals surface area contributed by atoms with Crippen molar-refractivity contribution in [3.63, 3.8) is 0 Å². The summed E-state index contributed by atoms with van der Waals surface area (Å²) in [6.07, 6.45) is 0. The molecule has 0 saturated heterocycles. The van der Waals surface area contributed by atoms with Crippen molar-refractivity contribution in [2.75, 3.05) is 28.1 Å². The van der Waals surface area contributed by atoms with E-state index in [-0.39, 0.29) is 29.2 Å². The molecular formula is C23H29N3O5S. The maximum absolute atomic E-state index is 12.9. The molecule has 9 heteroatoms. The zero-order valence-corrected chi connectivity index (χ0v) is 19.7. The van der Waals surface area contributed by atoms with Crippen LogP contribution in [0.2, 0.25) is 0 Å². The van der Waals surface area contributed by atoms with Crippen molar-refractivity contribution in [3.05, 3.63) is 42.5 Å². The van der Waals surface area contributed by atoms with Crippen molar-refractivity contribution < 1.29 is 22.7 Å². The molecule has 0 atom stereocenters. The normalized spacial score (nSPS) is 15.6. The summed E-state index contributed by atoms with van der Waals surface area (Å²) in [5.74, 6) is 0.0703. The highest BCUT2D eigenvalue weighted by Gasteiger charge is 2.37. The molecule has 1 aliphatic heterocycles. The van der Waals surface area contributed by atoms with Crippen LogP contribution in [0.25, 0.3) is 0 Å². The Hall–Kier alpha value is -3.07. The minimum Gasteiger partial charge on any atom is -0.490 e. The number of ether oxygens (including phenoxy) is 1. The SMILES string of the molecule is CCN1C(=O)C(C)(C)COc2cc(NS(=O)(=O)c3ccc(NC(=O)C(C)C)cc3)ccc21. The minimum atomic E-state index is -3.86. The van der Waals surface area contributed by atoms with Crippen molar-refractivity contribution >= 4 is 38.9 Å². The molecule has 0 radical (unpaired) electrons. The number of anilines is 3. The molecule has 2 aromatic rings. The van der Waals surface area contributed by atoms with Gasteiger partial charge in [0.1, 0.15) is 12.4 Å². The Bertz CT molecular complexity index is 1120. The lowest BCUT2D eigenvalue weighted by atomic mass is 9.93. The van der Waals surface area contributed by atoms with E-state index < -0.39 is 15.4 Å². The maximum Gasteiger partial charge on any atom is 0.261 e. The summed E-state index contributed by atoms with van der Waals surface area (Å²) in [6, 6.07) is 10.8.